The molecule has 0 bridgehead atoms. The maximum Gasteiger partial charge on any atom is 0.407 e. The molecule has 32 heteroatoms. The number of nitrogens with one attached hydrogen (secondary N) is 6. The van der Waals surface area contributed by atoms with Crippen LogP contribution in [0.25, 0.3) is 11.1 Å². The number of carbonyl (C=O) groups is 11. The molecule has 1 saturated carbocycles. The van der Waals surface area contributed by atoms with Crippen molar-refractivity contribution in [1.29, 1.82) is 0 Å². The number of carboxylic acids is 1. The molecule has 5 heterocycles. The van der Waals surface area contributed by atoms with E-state index in [1.165, 1.54) is 26.0 Å². The van der Waals surface area contributed by atoms with E-state index in [1.54, 1.807) is 35.7 Å². The van der Waals surface area contributed by atoms with Gasteiger partial charge in [-0.1, -0.05) is 91.7 Å². The number of carboxylic acid groups (broad SMARTS) is 1. The van der Waals surface area contributed by atoms with Gasteiger partial charge in [0.15, 0.2) is 11.9 Å². The lowest BCUT2D eigenvalue weighted by Gasteiger charge is -2.42. The Hall–Kier alpha value is -10.2. The largest absolute Gasteiger partial charge is 0.480 e. The molecular formula is C70H90N16O15S. The number of β-amino-alcohol motifs (C(OH)–C–C–N with tert-alkyl or cyclic N) is 1. The number of likely N-dealkylation sites (tertiary alicyclic amines) is 3. The third-order valence-electron chi connectivity index (χ3n) is 19.9. The molecule has 10 rings (SSSR count). The molecule has 10 amide bonds. The van der Waals surface area contributed by atoms with Gasteiger partial charge in [0.25, 0.3) is 0 Å². The summed E-state index contributed by atoms with van der Waals surface area (Å²) in [5.41, 5.74) is 27.5. The smallest absolute Gasteiger partial charge is 0.407 e. The quantitative estimate of drug-likeness (QED) is 0.0179. The number of thiophene rings is 1. The van der Waals surface area contributed by atoms with Crippen LogP contribution < -0.4 is 54.8 Å². The first-order valence-electron chi connectivity index (χ1n) is 34.6. The summed E-state index contributed by atoms with van der Waals surface area (Å²) >= 11 is 1.27. The van der Waals surface area contributed by atoms with Crippen LogP contribution in [0.4, 0.5) is 4.79 Å². The maximum absolute atomic E-state index is 15.4. The lowest BCUT2D eigenvalue weighted by molar-refractivity contribution is -0.153. The first-order chi connectivity index (χ1) is 49.1. The average Bonchev–Trinajstić information content (AvgIpc) is 1.53. The molecule has 0 radical (unpaired) electrons. The maximum atomic E-state index is 15.4. The number of nitrogens with two attached hydrogens (primary N) is 4. The zero-order chi connectivity index (χ0) is 72.7. The van der Waals surface area contributed by atoms with Crippen LogP contribution in [-0.4, -0.2) is 225 Å². The van der Waals surface area contributed by atoms with Crippen LogP contribution in [0.1, 0.15) is 110 Å². The molecule has 17 N–H and O–H groups in total. The number of ether oxygens (including phenoxy) is 1. The van der Waals surface area contributed by atoms with Crippen molar-refractivity contribution >= 4 is 88.5 Å². The topological polar surface area (TPSA) is 472 Å². The third-order valence-corrected chi connectivity index (χ3v) is 20.8. The highest BCUT2D eigenvalue weighted by Crippen LogP contribution is 2.45. The first kappa shape index (κ1) is 74.5. The summed E-state index contributed by atoms with van der Waals surface area (Å²) in [7, 11) is 0. The van der Waals surface area contributed by atoms with Crippen molar-refractivity contribution in [1.82, 2.24) is 51.5 Å². The lowest BCUT2D eigenvalue weighted by atomic mass is 9.84. The molecule has 3 aromatic carbocycles. The Labute approximate surface area is 592 Å². The molecule has 0 spiro atoms. The summed E-state index contributed by atoms with van der Waals surface area (Å²) in [5, 5.41) is 49.4. The number of nitrogens with zero attached hydrogens (tertiary/aromatic N) is 6. The Morgan fingerprint density at radius 3 is 1.89 bits per heavy atom. The zero-order valence-corrected chi connectivity index (χ0v) is 57.3. The zero-order valence-electron chi connectivity index (χ0n) is 56.5. The summed E-state index contributed by atoms with van der Waals surface area (Å²) in [6.45, 7) is -2.37. The SMILES string of the molecule is NC(N)=NCCC[C@H](NC(=O)[C@@H]1C[C@@H]2CCCC[C@@H]2N1C(=O)[C@H]1Cc2ccccc2CN1C(=O)[C@H](CO)NC(=O)[C@H](Cc1cccs1)NC(=O)CNC(=O)[C@@H]1C[C@@H](O)CN1C(=O)[C@@H]1CCCN1C(=O)[C@H](CCCN=C(N)N)NC(=O)CNC(=O)OCC1c2ccccc2-c2ccccc21)C(=O)O. The number of fused-ring (bicyclic) bond motifs is 5. The number of alkyl carbamates (subject to hydrolysis) is 1. The fourth-order valence-corrected chi connectivity index (χ4v) is 15.8. The molecule has 102 heavy (non-hydrogen) atoms. The van der Waals surface area contributed by atoms with Crippen molar-refractivity contribution in [3.05, 3.63) is 117 Å². The van der Waals surface area contributed by atoms with Gasteiger partial charge < -0.3 is 94.5 Å². The molecule has 2 aliphatic carbocycles. The van der Waals surface area contributed by atoms with Crippen LogP contribution in [0.15, 0.2) is 100 Å². The molecule has 0 unspecified atom stereocenters. The Bertz CT molecular complexity index is 3770. The molecule has 6 aliphatic rings. The number of aliphatic hydroxyl groups is 2. The minimum atomic E-state index is -1.67. The van der Waals surface area contributed by atoms with Gasteiger partial charge in [0.1, 0.15) is 61.5 Å². The van der Waals surface area contributed by atoms with Crippen molar-refractivity contribution in [2.75, 3.05) is 52.5 Å². The number of aliphatic imine (C=N–C) groups is 2. The van der Waals surface area contributed by atoms with Crippen molar-refractivity contribution < 1.29 is 72.8 Å². The van der Waals surface area contributed by atoms with Crippen molar-refractivity contribution in [2.24, 2.45) is 38.8 Å². The van der Waals surface area contributed by atoms with Gasteiger partial charge in [0.2, 0.25) is 53.2 Å². The van der Waals surface area contributed by atoms with E-state index >= 15 is 9.59 Å². The molecule has 546 valence electrons. The molecule has 3 saturated heterocycles. The molecule has 1 aromatic heterocycles. The summed E-state index contributed by atoms with van der Waals surface area (Å²) < 4.78 is 5.60. The van der Waals surface area contributed by atoms with E-state index in [0.717, 1.165) is 45.6 Å². The van der Waals surface area contributed by atoms with Gasteiger partial charge in [0.05, 0.1) is 19.3 Å². The van der Waals surface area contributed by atoms with Crippen LogP contribution in [0.3, 0.4) is 0 Å². The van der Waals surface area contributed by atoms with Gasteiger partial charge in [0, 0.05) is 68.8 Å². The Morgan fingerprint density at radius 2 is 1.24 bits per heavy atom. The predicted molar refractivity (Wildman–Crippen MR) is 373 cm³/mol. The average molecular weight is 1430 g/mol. The second-order valence-corrected chi connectivity index (χ2v) is 27.6. The predicted octanol–water partition coefficient (Wildman–Crippen LogP) is -0.865. The number of carbonyl (C=O) groups excluding carboxylic acids is 10. The highest BCUT2D eigenvalue weighted by Gasteiger charge is 2.52. The van der Waals surface area contributed by atoms with Crippen LogP contribution in [0.5, 0.6) is 0 Å². The number of hydrogen-bond donors (Lipinski definition) is 13. The third kappa shape index (κ3) is 18.1. The van der Waals surface area contributed by atoms with E-state index in [4.69, 9.17) is 27.7 Å². The van der Waals surface area contributed by atoms with Gasteiger partial charge >= 0.3 is 12.1 Å². The second-order valence-electron chi connectivity index (χ2n) is 26.6. The van der Waals surface area contributed by atoms with Gasteiger partial charge in [-0.05, 0) is 109 Å². The standard InChI is InChI=1S/C70H90N16O15S/c71-68(72)75-25-9-21-49(79-59(90)34-78-70(100)101-38-48-46-19-6-4-17-44(46)45-18-5-7-20-47(45)48)63(94)83-27-11-24-54(83)65(96)85-36-42(88)31-55(85)61(92)77-33-58(89)80-51(32-43-16-12-28-102-43)60(91)82-52(37-87)64(95)84-35-41-15-2-1-13-39(41)29-57(84)66(97)86-53-23-8-3-14-40(53)30-56(86)62(93)81-50(67(98)99)22-10-26-76-69(73)74/h1-2,4-7,12-13,15-20,28,40,42,48-57,87-88H,3,8-11,14,21-27,29-38H2,(H,77,92)(H,78,100)(H,79,90)(H,80,89)(H,81,93)(H,82,91)(H,98,99)(H4,71,72,75)(H4,73,74,76)/t40-,42+,49-,50-,51-,52-,53-,54-,55-,56-,57+/m0/s1. The summed E-state index contributed by atoms with van der Waals surface area (Å²) in [5.74, 6) is -8.69. The van der Waals surface area contributed by atoms with Crippen molar-refractivity contribution in [3.8, 4) is 11.1 Å². The van der Waals surface area contributed by atoms with E-state index < -0.39 is 145 Å². The van der Waals surface area contributed by atoms with Crippen molar-refractivity contribution in [2.45, 2.75) is 163 Å². The normalized spacial score (nSPS) is 21.5. The van der Waals surface area contributed by atoms with Gasteiger partial charge in [-0.2, -0.15) is 0 Å². The number of hydrogen-bond acceptors (Lipinski definition) is 17. The highest BCUT2D eigenvalue weighted by atomic mass is 32.1. The minimum absolute atomic E-state index is 0.00375. The van der Waals surface area contributed by atoms with E-state index in [-0.39, 0.29) is 121 Å². The second kappa shape index (κ2) is 34.4. The Kier molecular flexibility index (Phi) is 25.1. The number of guanidine groups is 2. The summed E-state index contributed by atoms with van der Waals surface area (Å²) in [6, 6.07) is 15.4. The first-order valence-corrected chi connectivity index (χ1v) is 35.5. The van der Waals surface area contributed by atoms with Crippen LogP contribution in [0.2, 0.25) is 0 Å². The molecule has 4 aromatic rings. The fraction of sp³-hybridized carbons (Fsp3) is 0.500. The number of aliphatic carboxylic acids is 1. The summed E-state index contributed by atoms with van der Waals surface area (Å²) in [6.07, 6.45) is 1.76. The molecular weight excluding hydrogens is 1340 g/mol. The molecule has 4 aliphatic heterocycles. The lowest BCUT2D eigenvalue weighted by Crippen LogP contribution is -2.63. The van der Waals surface area contributed by atoms with Crippen LogP contribution in [0, 0.1) is 5.92 Å². The fourth-order valence-electron chi connectivity index (χ4n) is 15.0. The monoisotopic (exact) mass is 1430 g/mol. The van der Waals surface area contributed by atoms with Crippen molar-refractivity contribution in [3.63, 3.8) is 0 Å². The number of aliphatic hydroxyl groups excluding tert-OH is 2. The highest BCUT2D eigenvalue weighted by molar-refractivity contribution is 7.09. The van der Waals surface area contributed by atoms with E-state index in [2.05, 4.69) is 41.9 Å². The molecule has 31 nitrogen and oxygen atoms in total. The number of rotatable bonds is 29. The van der Waals surface area contributed by atoms with Gasteiger partial charge in [-0.25, -0.2) is 9.59 Å². The Morgan fingerprint density at radius 1 is 0.608 bits per heavy atom. The number of benzene rings is 3. The van der Waals surface area contributed by atoms with Crippen LogP contribution in [-0.2, 0) is 72.1 Å². The Balaban J connectivity index is 0.766. The van der Waals surface area contributed by atoms with Crippen LogP contribution >= 0.6 is 11.3 Å². The van der Waals surface area contributed by atoms with E-state index in [0.29, 0.717) is 29.7 Å². The minimum Gasteiger partial charge on any atom is -0.480 e. The molecule has 11 atom stereocenters. The van der Waals surface area contributed by atoms with E-state index in [1.807, 2.05) is 54.6 Å². The van der Waals surface area contributed by atoms with Gasteiger partial charge in [-0.3, -0.25) is 53.1 Å². The van der Waals surface area contributed by atoms with E-state index in [9.17, 15) is 58.5 Å². The number of amides is 10. The van der Waals surface area contributed by atoms with Gasteiger partial charge in [-0.15, -0.1) is 11.3 Å². The molecule has 4 fully saturated rings. The summed E-state index contributed by atoms with van der Waals surface area (Å²) in [4.78, 5) is 169.